The molecular formula is C13H24N2O2S. The molecule has 0 fully saturated rings. The molecule has 1 aromatic rings. The van der Waals surface area contributed by atoms with Crippen LogP contribution in [0.15, 0.2) is 5.38 Å². The van der Waals surface area contributed by atoms with Gasteiger partial charge in [0.25, 0.3) is 0 Å². The third-order valence-electron chi connectivity index (χ3n) is 2.35. The maximum atomic E-state index is 5.43. The van der Waals surface area contributed by atoms with Gasteiger partial charge in [0.15, 0.2) is 0 Å². The second kappa shape index (κ2) is 9.44. The van der Waals surface area contributed by atoms with Gasteiger partial charge in [0.05, 0.1) is 30.5 Å². The molecule has 104 valence electrons. The van der Waals surface area contributed by atoms with Crippen molar-refractivity contribution >= 4 is 11.3 Å². The number of hydrogen-bond acceptors (Lipinski definition) is 5. The van der Waals surface area contributed by atoms with Crippen LogP contribution in [0.1, 0.15) is 24.5 Å². The van der Waals surface area contributed by atoms with E-state index in [1.807, 2.05) is 0 Å². The Labute approximate surface area is 114 Å². The zero-order valence-corrected chi connectivity index (χ0v) is 12.4. The van der Waals surface area contributed by atoms with Crippen LogP contribution in [0.25, 0.3) is 0 Å². The van der Waals surface area contributed by atoms with Crippen molar-refractivity contribution < 1.29 is 9.47 Å². The molecule has 1 rings (SSSR count). The molecular weight excluding hydrogens is 248 g/mol. The Kier molecular flexibility index (Phi) is 8.17. The summed E-state index contributed by atoms with van der Waals surface area (Å²) in [4.78, 5) is 4.57. The molecule has 0 unspecified atom stereocenters. The van der Waals surface area contributed by atoms with Gasteiger partial charge in [0, 0.05) is 25.5 Å². The Morgan fingerprint density at radius 3 is 2.89 bits per heavy atom. The van der Waals surface area contributed by atoms with E-state index in [2.05, 4.69) is 29.5 Å². The molecule has 0 radical (unpaired) electrons. The van der Waals surface area contributed by atoms with E-state index in [1.54, 1.807) is 18.4 Å². The van der Waals surface area contributed by atoms with Crippen molar-refractivity contribution in [1.29, 1.82) is 0 Å². The molecule has 4 nitrogen and oxygen atoms in total. The second-order valence-electron chi connectivity index (χ2n) is 4.61. The highest BCUT2D eigenvalue weighted by Gasteiger charge is 2.02. The lowest BCUT2D eigenvalue weighted by atomic mass is 10.2. The van der Waals surface area contributed by atoms with E-state index in [4.69, 9.17) is 9.47 Å². The Balaban J connectivity index is 2.13. The van der Waals surface area contributed by atoms with Gasteiger partial charge in [-0.25, -0.2) is 4.98 Å². The molecule has 0 aliphatic heterocycles. The summed E-state index contributed by atoms with van der Waals surface area (Å²) in [6, 6.07) is 0. The smallest absolute Gasteiger partial charge is 0.0951 e. The molecule has 0 aliphatic carbocycles. The number of rotatable bonds is 10. The molecule has 1 aromatic heterocycles. The highest BCUT2D eigenvalue weighted by Crippen LogP contribution is 2.10. The molecule has 0 aliphatic rings. The molecule has 0 saturated heterocycles. The predicted octanol–water partition coefficient (Wildman–Crippen LogP) is 2.09. The largest absolute Gasteiger partial charge is 0.382 e. The van der Waals surface area contributed by atoms with Gasteiger partial charge in [-0.2, -0.15) is 0 Å². The van der Waals surface area contributed by atoms with Crippen molar-refractivity contribution in [1.82, 2.24) is 10.3 Å². The third-order valence-corrected chi connectivity index (χ3v) is 3.31. The van der Waals surface area contributed by atoms with Crippen LogP contribution in [0.5, 0.6) is 0 Å². The van der Waals surface area contributed by atoms with Gasteiger partial charge < -0.3 is 14.8 Å². The number of thiazole rings is 1. The maximum absolute atomic E-state index is 5.43. The van der Waals surface area contributed by atoms with Crippen molar-refractivity contribution in [2.45, 2.75) is 26.8 Å². The fraction of sp³-hybridized carbons (Fsp3) is 0.769. The van der Waals surface area contributed by atoms with Crippen molar-refractivity contribution in [2.24, 2.45) is 5.92 Å². The van der Waals surface area contributed by atoms with Crippen LogP contribution in [-0.4, -0.2) is 38.5 Å². The average molecular weight is 272 g/mol. The summed E-state index contributed by atoms with van der Waals surface area (Å²) in [5.41, 5.74) is 1.13. The van der Waals surface area contributed by atoms with Crippen LogP contribution in [0, 0.1) is 5.92 Å². The van der Waals surface area contributed by atoms with Gasteiger partial charge in [0.1, 0.15) is 0 Å². The first-order valence-electron chi connectivity index (χ1n) is 6.43. The van der Waals surface area contributed by atoms with Crippen LogP contribution in [0.2, 0.25) is 0 Å². The van der Waals surface area contributed by atoms with Crippen LogP contribution >= 0.6 is 11.3 Å². The lowest BCUT2D eigenvalue weighted by Crippen LogP contribution is -2.19. The highest BCUT2D eigenvalue weighted by atomic mass is 32.1. The second-order valence-corrected chi connectivity index (χ2v) is 5.56. The first-order chi connectivity index (χ1) is 8.72. The Hall–Kier alpha value is -0.490. The lowest BCUT2D eigenvalue weighted by molar-refractivity contribution is 0.0722. The van der Waals surface area contributed by atoms with Gasteiger partial charge in [0.2, 0.25) is 0 Å². The number of hydrogen-bond donors (Lipinski definition) is 1. The zero-order chi connectivity index (χ0) is 13.2. The normalized spacial score (nSPS) is 11.3. The van der Waals surface area contributed by atoms with Gasteiger partial charge >= 0.3 is 0 Å². The molecule has 0 aromatic carbocycles. The summed E-state index contributed by atoms with van der Waals surface area (Å²) in [5.74, 6) is 0.678. The maximum Gasteiger partial charge on any atom is 0.0951 e. The highest BCUT2D eigenvalue weighted by molar-refractivity contribution is 7.09. The first kappa shape index (κ1) is 15.6. The fourth-order valence-electron chi connectivity index (χ4n) is 1.44. The molecule has 5 heteroatoms. The van der Waals surface area contributed by atoms with Gasteiger partial charge in [-0.05, 0) is 12.5 Å². The molecule has 1 N–H and O–H groups in total. The van der Waals surface area contributed by atoms with E-state index >= 15 is 0 Å². The lowest BCUT2D eigenvalue weighted by Gasteiger charge is -2.04. The van der Waals surface area contributed by atoms with Gasteiger partial charge in [-0.3, -0.25) is 0 Å². The topological polar surface area (TPSA) is 43.4 Å². The summed E-state index contributed by atoms with van der Waals surface area (Å²) in [6.45, 7) is 8.34. The summed E-state index contributed by atoms with van der Waals surface area (Å²) in [6.07, 6.45) is 0.887. The van der Waals surface area contributed by atoms with Crippen molar-refractivity contribution in [3.8, 4) is 0 Å². The quantitative estimate of drug-likeness (QED) is 0.662. The monoisotopic (exact) mass is 272 g/mol. The van der Waals surface area contributed by atoms with Crippen LogP contribution < -0.4 is 5.32 Å². The minimum absolute atomic E-state index is 0.655. The van der Waals surface area contributed by atoms with Crippen molar-refractivity contribution in [2.75, 3.05) is 33.5 Å². The van der Waals surface area contributed by atoms with Crippen LogP contribution in [0.4, 0.5) is 0 Å². The molecule has 0 atom stereocenters. The summed E-state index contributed by atoms with van der Waals surface area (Å²) in [7, 11) is 1.68. The Morgan fingerprint density at radius 1 is 1.33 bits per heavy atom. The van der Waals surface area contributed by atoms with E-state index in [9.17, 15) is 0 Å². The number of methoxy groups -OCH3 is 1. The standard InChI is InChI=1S/C13H24N2O2S/c1-11(2)8-14-9-12-10-18-13(15-12)4-5-17-7-6-16-3/h10-11,14H,4-9H2,1-3H3. The molecule has 0 spiro atoms. The van der Waals surface area contributed by atoms with Crippen molar-refractivity contribution in [3.63, 3.8) is 0 Å². The first-order valence-corrected chi connectivity index (χ1v) is 7.31. The van der Waals surface area contributed by atoms with E-state index in [0.717, 1.165) is 36.8 Å². The number of nitrogens with zero attached hydrogens (tertiary/aromatic N) is 1. The van der Waals surface area contributed by atoms with E-state index < -0.39 is 0 Å². The SMILES string of the molecule is COCCOCCc1nc(CNCC(C)C)cs1. The predicted molar refractivity (Wildman–Crippen MR) is 75.1 cm³/mol. The Bertz CT molecular complexity index is 316. The van der Waals surface area contributed by atoms with Crippen LogP contribution in [-0.2, 0) is 22.4 Å². The van der Waals surface area contributed by atoms with E-state index in [-0.39, 0.29) is 0 Å². The van der Waals surface area contributed by atoms with Gasteiger partial charge in [-0.15, -0.1) is 11.3 Å². The molecule has 0 saturated carbocycles. The minimum atomic E-state index is 0.655. The van der Waals surface area contributed by atoms with E-state index in [0.29, 0.717) is 19.1 Å². The molecule has 0 bridgehead atoms. The zero-order valence-electron chi connectivity index (χ0n) is 11.6. The van der Waals surface area contributed by atoms with Gasteiger partial charge in [-0.1, -0.05) is 13.8 Å². The van der Waals surface area contributed by atoms with Crippen molar-refractivity contribution in [3.05, 3.63) is 16.1 Å². The molecule has 18 heavy (non-hydrogen) atoms. The number of ether oxygens (including phenoxy) is 2. The summed E-state index contributed by atoms with van der Waals surface area (Å²) < 4.78 is 10.3. The number of nitrogens with one attached hydrogen (secondary N) is 1. The fourth-order valence-corrected chi connectivity index (χ4v) is 2.22. The Morgan fingerprint density at radius 2 is 2.17 bits per heavy atom. The molecule has 1 heterocycles. The number of aromatic nitrogens is 1. The third kappa shape index (κ3) is 7.06. The van der Waals surface area contributed by atoms with E-state index in [1.165, 1.54) is 0 Å². The summed E-state index contributed by atoms with van der Waals surface area (Å²) >= 11 is 1.71. The minimum Gasteiger partial charge on any atom is -0.382 e. The summed E-state index contributed by atoms with van der Waals surface area (Å²) in [5, 5.41) is 6.66. The van der Waals surface area contributed by atoms with Crippen LogP contribution in [0.3, 0.4) is 0 Å². The average Bonchev–Trinajstić information content (AvgIpc) is 2.76. The molecule has 0 amide bonds.